The van der Waals surface area contributed by atoms with E-state index in [1.165, 1.54) is 6.92 Å². The van der Waals surface area contributed by atoms with E-state index in [1.807, 2.05) is 31.4 Å². The minimum atomic E-state index is -2.31. The Kier molecular flexibility index (Phi) is 4.67. The first-order valence-electron chi connectivity index (χ1n) is 5.10. The molecule has 0 radical (unpaired) electrons. The fraction of sp³-hybridized carbons (Fsp3) is 0.636. The van der Waals surface area contributed by atoms with E-state index in [0.29, 0.717) is 5.92 Å². The Morgan fingerprint density at radius 2 is 1.93 bits per heavy atom. The van der Waals surface area contributed by atoms with Gasteiger partial charge in [0.1, 0.15) is 0 Å². The third kappa shape index (κ3) is 3.54. The van der Waals surface area contributed by atoms with E-state index in [4.69, 9.17) is 0 Å². The van der Waals surface area contributed by atoms with Crippen LogP contribution >= 0.6 is 11.3 Å². The summed E-state index contributed by atoms with van der Waals surface area (Å²) in [6.45, 7) is 5.60. The molecule has 0 fully saturated rings. The molecule has 4 heteroatoms. The summed E-state index contributed by atoms with van der Waals surface area (Å²) in [6, 6.07) is 3.19. The monoisotopic (exact) mass is 233 g/mol. The molecule has 1 rings (SSSR count). The largest absolute Gasteiger partial charge is 0.301 e. The summed E-state index contributed by atoms with van der Waals surface area (Å²) in [7, 11) is 0. The van der Waals surface area contributed by atoms with Gasteiger partial charge in [0.15, 0.2) is 0 Å². The van der Waals surface area contributed by atoms with Crippen LogP contribution in [0.1, 0.15) is 31.7 Å². The second kappa shape index (κ2) is 5.56. The van der Waals surface area contributed by atoms with Crippen LogP contribution in [0.15, 0.2) is 17.5 Å². The summed E-state index contributed by atoms with van der Waals surface area (Å²) < 4.78 is 24.9. The molecule has 1 N–H and O–H groups in total. The lowest BCUT2D eigenvalue weighted by Crippen LogP contribution is -2.37. The van der Waals surface area contributed by atoms with Crippen molar-refractivity contribution in [1.82, 2.24) is 5.32 Å². The van der Waals surface area contributed by atoms with Gasteiger partial charge in [-0.05, 0) is 24.3 Å². The molecule has 2 unspecified atom stereocenters. The summed E-state index contributed by atoms with van der Waals surface area (Å²) in [4.78, 5) is 1.12. The first kappa shape index (κ1) is 12.6. The van der Waals surface area contributed by atoms with Crippen LogP contribution in [0, 0.1) is 5.92 Å². The van der Waals surface area contributed by atoms with Crippen LogP contribution in [-0.4, -0.2) is 12.5 Å². The van der Waals surface area contributed by atoms with Crippen molar-refractivity contribution >= 4 is 11.3 Å². The lowest BCUT2D eigenvalue weighted by Gasteiger charge is -2.25. The Balaban J connectivity index is 2.68. The fourth-order valence-corrected chi connectivity index (χ4v) is 2.39. The van der Waals surface area contributed by atoms with E-state index < -0.39 is 12.5 Å². The molecule has 1 aromatic rings. The van der Waals surface area contributed by atoms with E-state index in [1.54, 1.807) is 11.3 Å². The van der Waals surface area contributed by atoms with Crippen molar-refractivity contribution in [3.8, 4) is 0 Å². The first-order valence-corrected chi connectivity index (χ1v) is 5.98. The van der Waals surface area contributed by atoms with Gasteiger partial charge < -0.3 is 5.32 Å². The predicted octanol–water partition coefficient (Wildman–Crippen LogP) is 3.69. The van der Waals surface area contributed by atoms with Crippen LogP contribution in [0.5, 0.6) is 0 Å². The normalized spacial score (nSPS) is 15.9. The maximum Gasteiger partial charge on any atom is 0.253 e. The fourth-order valence-electron chi connectivity index (χ4n) is 1.43. The van der Waals surface area contributed by atoms with Gasteiger partial charge in [0.2, 0.25) is 0 Å². The molecule has 0 aliphatic carbocycles. The Labute approximate surface area is 93.5 Å². The zero-order chi connectivity index (χ0) is 11.4. The maximum absolute atomic E-state index is 12.4. The average Bonchev–Trinajstić information content (AvgIpc) is 2.65. The highest BCUT2D eigenvalue weighted by atomic mass is 32.1. The molecule has 0 aliphatic rings. The van der Waals surface area contributed by atoms with E-state index in [9.17, 15) is 8.78 Å². The second-order valence-corrected chi connectivity index (χ2v) is 5.01. The average molecular weight is 233 g/mol. The number of halogens is 2. The zero-order valence-electron chi connectivity index (χ0n) is 9.21. The zero-order valence-corrected chi connectivity index (χ0v) is 10.0. The van der Waals surface area contributed by atoms with Gasteiger partial charge in [-0.15, -0.1) is 11.3 Å². The molecule has 0 aromatic carbocycles. The minimum absolute atomic E-state index is 0.0222. The van der Waals surface area contributed by atoms with Gasteiger partial charge in [-0.2, -0.15) is 0 Å². The highest BCUT2D eigenvalue weighted by Gasteiger charge is 2.23. The molecule has 86 valence electrons. The summed E-state index contributed by atoms with van der Waals surface area (Å²) in [5.41, 5.74) is 0. The molecule has 1 heterocycles. The molecule has 0 spiro atoms. The highest BCUT2D eigenvalue weighted by Crippen LogP contribution is 2.26. The Morgan fingerprint density at radius 1 is 1.27 bits per heavy atom. The first-order chi connectivity index (χ1) is 7.02. The van der Waals surface area contributed by atoms with Gasteiger partial charge in [0.05, 0.1) is 6.04 Å². The van der Waals surface area contributed by atoms with Gasteiger partial charge in [-0.1, -0.05) is 19.9 Å². The summed E-state index contributed by atoms with van der Waals surface area (Å²) in [5.74, 6) is 0.310. The molecule has 0 aliphatic heterocycles. The second-order valence-electron chi connectivity index (χ2n) is 4.03. The van der Waals surface area contributed by atoms with Crippen LogP contribution in [0.25, 0.3) is 0 Å². The Hall–Kier alpha value is -0.480. The third-order valence-corrected chi connectivity index (χ3v) is 3.29. The molecule has 0 saturated heterocycles. The van der Waals surface area contributed by atoms with Gasteiger partial charge in [-0.25, -0.2) is 8.78 Å². The van der Waals surface area contributed by atoms with Crippen LogP contribution < -0.4 is 5.32 Å². The molecule has 0 amide bonds. The number of thiophene rings is 1. The molecule has 15 heavy (non-hydrogen) atoms. The quantitative estimate of drug-likeness (QED) is 0.818. The minimum Gasteiger partial charge on any atom is -0.301 e. The third-order valence-electron chi connectivity index (χ3n) is 2.34. The maximum atomic E-state index is 12.4. The number of hydrogen-bond acceptors (Lipinski definition) is 2. The SMILES string of the molecule is CC(C)C(NC(C)C(F)F)c1cccs1. The van der Waals surface area contributed by atoms with Crippen molar-refractivity contribution in [1.29, 1.82) is 0 Å². The van der Waals surface area contributed by atoms with Crippen molar-refractivity contribution < 1.29 is 8.78 Å². The van der Waals surface area contributed by atoms with E-state index in [-0.39, 0.29) is 6.04 Å². The van der Waals surface area contributed by atoms with Gasteiger partial charge in [0.25, 0.3) is 6.43 Å². The molecule has 0 saturated carbocycles. The molecular weight excluding hydrogens is 216 g/mol. The van der Waals surface area contributed by atoms with E-state index in [0.717, 1.165) is 4.88 Å². The topological polar surface area (TPSA) is 12.0 Å². The highest BCUT2D eigenvalue weighted by molar-refractivity contribution is 7.10. The number of alkyl halides is 2. The van der Waals surface area contributed by atoms with Crippen molar-refractivity contribution in [3.63, 3.8) is 0 Å². The standard InChI is InChI=1S/C11H17F2NS/c1-7(2)10(9-5-4-6-15-9)14-8(3)11(12)13/h4-8,10-11,14H,1-3H3. The van der Waals surface area contributed by atoms with Crippen molar-refractivity contribution in [2.24, 2.45) is 5.92 Å². The van der Waals surface area contributed by atoms with Crippen LogP contribution in [0.4, 0.5) is 8.78 Å². The predicted molar refractivity (Wildman–Crippen MR) is 60.5 cm³/mol. The number of nitrogens with one attached hydrogen (secondary N) is 1. The molecule has 1 aromatic heterocycles. The number of hydrogen-bond donors (Lipinski definition) is 1. The smallest absolute Gasteiger partial charge is 0.253 e. The molecule has 0 bridgehead atoms. The van der Waals surface area contributed by atoms with Crippen LogP contribution in [0.2, 0.25) is 0 Å². The summed E-state index contributed by atoms with van der Waals surface area (Å²) in [5, 5.41) is 4.95. The van der Waals surface area contributed by atoms with E-state index >= 15 is 0 Å². The van der Waals surface area contributed by atoms with E-state index in [2.05, 4.69) is 5.32 Å². The van der Waals surface area contributed by atoms with Crippen LogP contribution in [0.3, 0.4) is 0 Å². The Bertz CT molecular complexity index is 272. The Morgan fingerprint density at radius 3 is 2.33 bits per heavy atom. The molecule has 2 atom stereocenters. The summed E-state index contributed by atoms with van der Waals surface area (Å²) >= 11 is 1.61. The van der Waals surface area contributed by atoms with Crippen molar-refractivity contribution in [2.45, 2.75) is 39.3 Å². The van der Waals surface area contributed by atoms with Crippen molar-refractivity contribution in [3.05, 3.63) is 22.4 Å². The van der Waals surface area contributed by atoms with Crippen molar-refractivity contribution in [2.75, 3.05) is 0 Å². The van der Waals surface area contributed by atoms with Crippen LogP contribution in [-0.2, 0) is 0 Å². The molecular formula is C11H17F2NS. The van der Waals surface area contributed by atoms with Gasteiger partial charge in [-0.3, -0.25) is 0 Å². The number of rotatable bonds is 5. The van der Waals surface area contributed by atoms with Gasteiger partial charge in [0, 0.05) is 10.9 Å². The lowest BCUT2D eigenvalue weighted by atomic mass is 10.0. The molecule has 1 nitrogen and oxygen atoms in total. The lowest BCUT2D eigenvalue weighted by molar-refractivity contribution is 0.0962. The van der Waals surface area contributed by atoms with Gasteiger partial charge >= 0.3 is 0 Å². The summed E-state index contributed by atoms with van der Waals surface area (Å²) in [6.07, 6.45) is -2.31.